The third kappa shape index (κ3) is 3.46. The molecule has 1 fully saturated rings. The highest BCUT2D eigenvalue weighted by molar-refractivity contribution is 7.92. The molecule has 1 aliphatic heterocycles. The Morgan fingerprint density at radius 2 is 2.31 bits per heavy atom. The Labute approximate surface area is 79.5 Å². The van der Waals surface area contributed by atoms with Crippen molar-refractivity contribution in [3.63, 3.8) is 0 Å². The van der Waals surface area contributed by atoms with Crippen molar-refractivity contribution in [2.45, 2.75) is 25.8 Å². The molecule has 0 aliphatic carbocycles. The smallest absolute Gasteiger partial charge is 0.230 e. The van der Waals surface area contributed by atoms with E-state index >= 15 is 0 Å². The van der Waals surface area contributed by atoms with Crippen LogP contribution >= 0.6 is 0 Å². The summed E-state index contributed by atoms with van der Waals surface area (Å²) in [5.74, 6) is 0. The maximum Gasteiger partial charge on any atom is 0.230 e. The van der Waals surface area contributed by atoms with E-state index in [9.17, 15) is 8.42 Å². The number of likely N-dealkylation sites (tertiary alicyclic amines) is 1. The Kier molecular flexibility index (Phi) is 3.47. The third-order valence-corrected chi connectivity index (χ3v) is 2.85. The molecule has 5 heteroatoms. The zero-order chi connectivity index (χ0) is 9.90. The number of hydrogen-bond donors (Lipinski definition) is 1. The minimum atomic E-state index is -3.45. The number of primary sulfonamides is 1. The molecule has 2 N–H and O–H groups in total. The molecule has 4 nitrogen and oxygen atoms in total. The molecule has 13 heavy (non-hydrogen) atoms. The molecule has 0 spiro atoms. The van der Waals surface area contributed by atoms with E-state index in [1.165, 1.54) is 0 Å². The van der Waals surface area contributed by atoms with Gasteiger partial charge < -0.3 is 0 Å². The van der Waals surface area contributed by atoms with Gasteiger partial charge in [0.1, 0.15) is 0 Å². The zero-order valence-corrected chi connectivity index (χ0v) is 8.63. The molecule has 1 saturated heterocycles. The number of rotatable bonds is 3. The second kappa shape index (κ2) is 4.21. The molecule has 0 aromatic heterocycles. The monoisotopic (exact) mass is 204 g/mol. The molecule has 0 saturated carbocycles. The molecule has 0 radical (unpaired) electrons. The van der Waals surface area contributed by atoms with E-state index < -0.39 is 10.0 Å². The summed E-state index contributed by atoms with van der Waals surface area (Å²) in [5, 5.41) is 5.97. The van der Waals surface area contributed by atoms with Crippen LogP contribution in [0, 0.1) is 0 Å². The molecule has 0 unspecified atom stereocenters. The molecule has 1 heterocycles. The summed E-state index contributed by atoms with van der Waals surface area (Å²) in [5.41, 5.74) is 0. The molecule has 0 amide bonds. The first-order chi connectivity index (χ1) is 6.03. The van der Waals surface area contributed by atoms with Crippen LogP contribution in [0.15, 0.2) is 11.5 Å². The highest BCUT2D eigenvalue weighted by Gasteiger charge is 2.20. The lowest BCUT2D eigenvalue weighted by Crippen LogP contribution is -2.27. The van der Waals surface area contributed by atoms with Crippen molar-refractivity contribution in [1.29, 1.82) is 0 Å². The maximum absolute atomic E-state index is 10.7. The number of nitrogens with zero attached hydrogens (tertiary/aromatic N) is 1. The van der Waals surface area contributed by atoms with E-state index in [0.717, 1.165) is 31.3 Å². The van der Waals surface area contributed by atoms with E-state index in [-0.39, 0.29) is 6.04 Å². The van der Waals surface area contributed by atoms with Gasteiger partial charge in [0, 0.05) is 11.4 Å². The largest absolute Gasteiger partial charge is 0.297 e. The molecule has 1 atom stereocenters. The van der Waals surface area contributed by atoms with Crippen molar-refractivity contribution in [1.82, 2.24) is 4.90 Å². The number of nitrogens with two attached hydrogens (primary N) is 1. The molecule has 0 bridgehead atoms. The third-order valence-electron chi connectivity index (χ3n) is 2.31. The van der Waals surface area contributed by atoms with E-state index in [1.807, 2.05) is 0 Å². The summed E-state index contributed by atoms with van der Waals surface area (Å²) in [6.45, 7) is 4.08. The Morgan fingerprint density at radius 3 is 2.85 bits per heavy atom. The first-order valence-corrected chi connectivity index (χ1v) is 6.09. The van der Waals surface area contributed by atoms with E-state index in [1.54, 1.807) is 6.08 Å². The summed E-state index contributed by atoms with van der Waals surface area (Å²) in [6, 6.07) is 0.253. The van der Waals surface area contributed by atoms with Crippen LogP contribution in [0.3, 0.4) is 0 Å². The fourth-order valence-electron chi connectivity index (χ4n) is 1.66. The van der Waals surface area contributed by atoms with Crippen molar-refractivity contribution >= 4 is 10.0 Å². The predicted octanol–water partition coefficient (Wildman–Crippen LogP) is 0.273. The van der Waals surface area contributed by atoms with Crippen molar-refractivity contribution in [2.75, 3.05) is 13.1 Å². The number of sulfonamides is 1. The van der Waals surface area contributed by atoms with Crippen LogP contribution in [0.25, 0.3) is 0 Å². The topological polar surface area (TPSA) is 63.4 Å². The summed E-state index contributed by atoms with van der Waals surface area (Å²) in [4.78, 5) is 2.24. The number of hydrogen-bond acceptors (Lipinski definition) is 3. The van der Waals surface area contributed by atoms with Gasteiger partial charge in [0.2, 0.25) is 10.0 Å². The van der Waals surface area contributed by atoms with Crippen molar-refractivity contribution in [2.24, 2.45) is 5.14 Å². The molecule has 76 valence electrons. The van der Waals surface area contributed by atoms with Crippen molar-refractivity contribution in [3.05, 3.63) is 11.5 Å². The standard InChI is InChI=1S/C8H16N2O2S/c1-2-10-6-3-4-8(10)5-7-13(9,11)12/h5,7-8H,2-4,6H2,1H3,(H2,9,11,12)/b7-5+/t8-/m1/s1. The Balaban J connectivity index is 2.58. The van der Waals surface area contributed by atoms with Crippen LogP contribution in [-0.2, 0) is 10.0 Å². The SMILES string of the molecule is CCN1CCC[C@@H]1/C=C/S(N)(=O)=O. The second-order valence-electron chi connectivity index (χ2n) is 3.26. The highest BCUT2D eigenvalue weighted by atomic mass is 32.2. The fourth-order valence-corrected chi connectivity index (χ4v) is 2.06. The molecular weight excluding hydrogens is 188 g/mol. The van der Waals surface area contributed by atoms with Gasteiger partial charge >= 0.3 is 0 Å². The summed E-state index contributed by atoms with van der Waals surface area (Å²) >= 11 is 0. The molecule has 1 aliphatic rings. The lowest BCUT2D eigenvalue weighted by Gasteiger charge is -2.18. The van der Waals surface area contributed by atoms with Gasteiger partial charge in [0.05, 0.1) is 0 Å². The summed E-state index contributed by atoms with van der Waals surface area (Å²) in [7, 11) is -3.45. The maximum atomic E-state index is 10.7. The Bertz CT molecular complexity index is 285. The Morgan fingerprint density at radius 1 is 1.62 bits per heavy atom. The molecule has 1 rings (SSSR count). The van der Waals surface area contributed by atoms with Gasteiger partial charge in [-0.25, -0.2) is 13.6 Å². The van der Waals surface area contributed by atoms with E-state index in [0.29, 0.717) is 0 Å². The minimum Gasteiger partial charge on any atom is -0.297 e. The van der Waals surface area contributed by atoms with E-state index in [4.69, 9.17) is 5.14 Å². The number of likely N-dealkylation sites (N-methyl/N-ethyl adjacent to an activating group) is 1. The van der Waals surface area contributed by atoms with Crippen LogP contribution in [-0.4, -0.2) is 32.4 Å². The van der Waals surface area contributed by atoms with E-state index in [2.05, 4.69) is 11.8 Å². The lowest BCUT2D eigenvalue weighted by molar-refractivity contribution is 0.306. The highest BCUT2D eigenvalue weighted by Crippen LogP contribution is 2.17. The Hall–Kier alpha value is -0.390. The zero-order valence-electron chi connectivity index (χ0n) is 7.81. The molecule has 0 aromatic rings. The average Bonchev–Trinajstić information content (AvgIpc) is 2.46. The van der Waals surface area contributed by atoms with Crippen LogP contribution in [0.1, 0.15) is 19.8 Å². The lowest BCUT2D eigenvalue weighted by atomic mass is 10.2. The normalized spacial score (nSPS) is 25.8. The van der Waals surface area contributed by atoms with Gasteiger partial charge in [-0.05, 0) is 25.9 Å². The fraction of sp³-hybridized carbons (Fsp3) is 0.750. The summed E-state index contributed by atoms with van der Waals surface area (Å²) < 4.78 is 21.3. The predicted molar refractivity (Wildman–Crippen MR) is 52.5 cm³/mol. The average molecular weight is 204 g/mol. The quantitative estimate of drug-likeness (QED) is 0.718. The van der Waals surface area contributed by atoms with Gasteiger partial charge in [-0.2, -0.15) is 0 Å². The molecule has 0 aromatic carbocycles. The van der Waals surface area contributed by atoms with Gasteiger partial charge in [-0.1, -0.05) is 13.0 Å². The van der Waals surface area contributed by atoms with Gasteiger partial charge in [-0.3, -0.25) is 4.90 Å². The summed E-state index contributed by atoms with van der Waals surface area (Å²) in [6.07, 6.45) is 3.85. The minimum absolute atomic E-state index is 0.253. The van der Waals surface area contributed by atoms with Crippen molar-refractivity contribution in [3.8, 4) is 0 Å². The van der Waals surface area contributed by atoms with Gasteiger partial charge in [0.25, 0.3) is 0 Å². The van der Waals surface area contributed by atoms with Crippen molar-refractivity contribution < 1.29 is 8.42 Å². The van der Waals surface area contributed by atoms with Gasteiger partial charge in [-0.15, -0.1) is 0 Å². The van der Waals surface area contributed by atoms with Crippen LogP contribution in [0.2, 0.25) is 0 Å². The van der Waals surface area contributed by atoms with Crippen LogP contribution in [0.5, 0.6) is 0 Å². The first kappa shape index (κ1) is 10.7. The van der Waals surface area contributed by atoms with Crippen LogP contribution in [0.4, 0.5) is 0 Å². The van der Waals surface area contributed by atoms with Gasteiger partial charge in [0.15, 0.2) is 0 Å². The molecular formula is C8H16N2O2S. The van der Waals surface area contributed by atoms with Crippen LogP contribution < -0.4 is 5.14 Å². The first-order valence-electron chi connectivity index (χ1n) is 4.48. The second-order valence-corrected chi connectivity index (χ2v) is 4.71.